The molecule has 100 valence electrons. The molecule has 0 aliphatic heterocycles. The zero-order chi connectivity index (χ0) is 13.4. The Kier molecular flexibility index (Phi) is 3.37. The first-order chi connectivity index (χ1) is 9.13. The zero-order valence-electron chi connectivity index (χ0n) is 10.5. The predicted octanol–water partition coefficient (Wildman–Crippen LogP) is 3.76. The van der Waals surface area contributed by atoms with Gasteiger partial charge in [0.05, 0.1) is 0 Å². The van der Waals surface area contributed by atoms with Gasteiger partial charge >= 0.3 is 0 Å². The fourth-order valence-corrected chi connectivity index (χ4v) is 3.83. The van der Waals surface area contributed by atoms with Gasteiger partial charge in [-0.1, -0.05) is 0 Å². The van der Waals surface area contributed by atoms with Crippen molar-refractivity contribution in [2.24, 2.45) is 5.73 Å². The second-order valence-electron chi connectivity index (χ2n) is 5.00. The van der Waals surface area contributed by atoms with Crippen LogP contribution in [0.5, 0.6) is 0 Å². The van der Waals surface area contributed by atoms with E-state index in [1.54, 1.807) is 11.3 Å². The van der Waals surface area contributed by atoms with Gasteiger partial charge < -0.3 is 5.73 Å². The summed E-state index contributed by atoms with van der Waals surface area (Å²) in [6, 6.07) is 5.40. The van der Waals surface area contributed by atoms with Crippen molar-refractivity contribution >= 4 is 11.3 Å². The molecule has 2 N–H and O–H groups in total. The first-order valence-corrected chi connectivity index (χ1v) is 7.26. The highest BCUT2D eigenvalue weighted by molar-refractivity contribution is 7.12. The maximum absolute atomic E-state index is 13.6. The van der Waals surface area contributed by atoms with Crippen molar-refractivity contribution in [2.45, 2.75) is 31.7 Å². The van der Waals surface area contributed by atoms with E-state index in [0.29, 0.717) is 12.0 Å². The van der Waals surface area contributed by atoms with Crippen LogP contribution < -0.4 is 5.73 Å². The normalized spacial score (nSPS) is 15.5. The molecule has 1 aliphatic rings. The summed E-state index contributed by atoms with van der Waals surface area (Å²) in [7, 11) is 0. The van der Waals surface area contributed by atoms with Crippen molar-refractivity contribution in [1.29, 1.82) is 0 Å². The summed E-state index contributed by atoms with van der Waals surface area (Å²) >= 11 is 1.72. The van der Waals surface area contributed by atoms with Gasteiger partial charge in [0.1, 0.15) is 11.6 Å². The average Bonchev–Trinajstić information content (AvgIpc) is 2.94. The smallest absolute Gasteiger partial charge is 0.126 e. The minimum absolute atomic E-state index is 0.257. The molecule has 1 nitrogen and oxygen atoms in total. The fourth-order valence-electron chi connectivity index (χ4n) is 2.57. The third kappa shape index (κ3) is 2.55. The number of benzene rings is 1. The molecule has 1 unspecified atom stereocenters. The van der Waals surface area contributed by atoms with Crippen LogP contribution in [0, 0.1) is 11.6 Å². The van der Waals surface area contributed by atoms with Gasteiger partial charge in [-0.3, -0.25) is 0 Å². The number of halogens is 2. The van der Waals surface area contributed by atoms with E-state index >= 15 is 0 Å². The minimum Gasteiger partial charge on any atom is -0.323 e. The van der Waals surface area contributed by atoms with Gasteiger partial charge in [0, 0.05) is 15.8 Å². The SMILES string of the molecule is NC(Cc1cc(F)ccc1F)c1cc2c(s1)CCC2. The summed E-state index contributed by atoms with van der Waals surface area (Å²) in [6.45, 7) is 0. The summed E-state index contributed by atoms with van der Waals surface area (Å²) in [5, 5.41) is 0. The molecule has 1 aromatic carbocycles. The lowest BCUT2D eigenvalue weighted by atomic mass is 10.0. The lowest BCUT2D eigenvalue weighted by molar-refractivity contribution is 0.574. The quantitative estimate of drug-likeness (QED) is 0.909. The highest BCUT2D eigenvalue weighted by atomic mass is 32.1. The topological polar surface area (TPSA) is 26.0 Å². The second kappa shape index (κ2) is 5.02. The van der Waals surface area contributed by atoms with Crippen LogP contribution in [-0.4, -0.2) is 0 Å². The molecule has 0 amide bonds. The van der Waals surface area contributed by atoms with Gasteiger partial charge in [-0.05, 0) is 61.1 Å². The van der Waals surface area contributed by atoms with E-state index in [2.05, 4.69) is 6.07 Å². The average molecular weight is 279 g/mol. The van der Waals surface area contributed by atoms with E-state index in [1.807, 2.05) is 0 Å². The molecule has 19 heavy (non-hydrogen) atoms. The molecule has 4 heteroatoms. The predicted molar refractivity (Wildman–Crippen MR) is 73.3 cm³/mol. The number of rotatable bonds is 3. The third-order valence-corrected chi connectivity index (χ3v) is 4.95. The largest absolute Gasteiger partial charge is 0.323 e. The standard InChI is InChI=1S/C15H15F2NS/c16-11-4-5-12(17)10(6-11)7-13(18)15-8-9-2-1-3-14(9)19-15/h4-6,8,13H,1-3,7,18H2. The van der Waals surface area contributed by atoms with Crippen LogP contribution in [0.3, 0.4) is 0 Å². The number of aryl methyl sites for hydroxylation is 2. The Labute approximate surface area is 115 Å². The van der Waals surface area contributed by atoms with Crippen molar-refractivity contribution < 1.29 is 8.78 Å². The van der Waals surface area contributed by atoms with Crippen LogP contribution >= 0.6 is 11.3 Å². The van der Waals surface area contributed by atoms with Crippen molar-refractivity contribution in [1.82, 2.24) is 0 Å². The molecule has 0 fully saturated rings. The summed E-state index contributed by atoms with van der Waals surface area (Å²) in [5.74, 6) is -0.807. The Morgan fingerprint density at radius 1 is 1.21 bits per heavy atom. The fraction of sp³-hybridized carbons (Fsp3) is 0.333. The van der Waals surface area contributed by atoms with Gasteiger partial charge in [-0.25, -0.2) is 8.78 Å². The van der Waals surface area contributed by atoms with Gasteiger partial charge in [0.25, 0.3) is 0 Å². The van der Waals surface area contributed by atoms with E-state index in [0.717, 1.165) is 29.9 Å². The minimum atomic E-state index is -0.419. The molecule has 0 spiro atoms. The Morgan fingerprint density at radius 2 is 2.05 bits per heavy atom. The highest BCUT2D eigenvalue weighted by Crippen LogP contribution is 2.34. The van der Waals surface area contributed by atoms with Crippen LogP contribution in [0.25, 0.3) is 0 Å². The Morgan fingerprint density at radius 3 is 2.84 bits per heavy atom. The molecule has 2 aromatic rings. The molecule has 3 rings (SSSR count). The van der Waals surface area contributed by atoms with E-state index in [1.165, 1.54) is 22.9 Å². The maximum Gasteiger partial charge on any atom is 0.126 e. The van der Waals surface area contributed by atoms with E-state index in [9.17, 15) is 8.78 Å². The van der Waals surface area contributed by atoms with E-state index < -0.39 is 5.82 Å². The Hall–Kier alpha value is -1.26. The number of hydrogen-bond acceptors (Lipinski definition) is 2. The lowest BCUT2D eigenvalue weighted by Gasteiger charge is -2.10. The van der Waals surface area contributed by atoms with Crippen molar-refractivity contribution in [3.63, 3.8) is 0 Å². The van der Waals surface area contributed by atoms with Crippen molar-refractivity contribution in [3.05, 3.63) is 56.8 Å². The monoisotopic (exact) mass is 279 g/mol. The van der Waals surface area contributed by atoms with Gasteiger partial charge in [0.15, 0.2) is 0 Å². The number of hydrogen-bond donors (Lipinski definition) is 1. The molecule has 1 atom stereocenters. The van der Waals surface area contributed by atoms with Gasteiger partial charge in [-0.15, -0.1) is 11.3 Å². The van der Waals surface area contributed by atoms with Crippen molar-refractivity contribution in [2.75, 3.05) is 0 Å². The molecule has 0 saturated carbocycles. The molecule has 1 aliphatic carbocycles. The maximum atomic E-state index is 13.6. The Balaban J connectivity index is 1.80. The number of fused-ring (bicyclic) bond motifs is 1. The lowest BCUT2D eigenvalue weighted by Crippen LogP contribution is -2.13. The summed E-state index contributed by atoms with van der Waals surface area (Å²) in [6.07, 6.45) is 3.80. The number of thiophene rings is 1. The first-order valence-electron chi connectivity index (χ1n) is 6.44. The molecule has 0 radical (unpaired) electrons. The van der Waals surface area contributed by atoms with Crippen LogP contribution in [0.15, 0.2) is 24.3 Å². The molecular formula is C15H15F2NS. The van der Waals surface area contributed by atoms with E-state index in [-0.39, 0.29) is 11.9 Å². The molecular weight excluding hydrogens is 264 g/mol. The Bertz CT molecular complexity index is 585. The summed E-state index contributed by atoms with van der Waals surface area (Å²) in [4.78, 5) is 2.48. The van der Waals surface area contributed by atoms with Crippen LogP contribution in [0.4, 0.5) is 8.78 Å². The van der Waals surface area contributed by atoms with Gasteiger partial charge in [0.2, 0.25) is 0 Å². The first kappa shape index (κ1) is 12.8. The molecule has 1 aromatic heterocycles. The van der Waals surface area contributed by atoms with Crippen molar-refractivity contribution in [3.8, 4) is 0 Å². The number of nitrogens with two attached hydrogens (primary N) is 1. The molecule has 0 bridgehead atoms. The molecule has 0 saturated heterocycles. The van der Waals surface area contributed by atoms with E-state index in [4.69, 9.17) is 5.73 Å². The highest BCUT2D eigenvalue weighted by Gasteiger charge is 2.19. The van der Waals surface area contributed by atoms with Crippen LogP contribution in [0.1, 0.15) is 33.3 Å². The summed E-state index contributed by atoms with van der Waals surface area (Å²) in [5.41, 5.74) is 7.86. The summed E-state index contributed by atoms with van der Waals surface area (Å²) < 4.78 is 26.7. The zero-order valence-corrected chi connectivity index (χ0v) is 11.3. The van der Waals surface area contributed by atoms with Crippen LogP contribution in [-0.2, 0) is 19.3 Å². The molecule has 1 heterocycles. The van der Waals surface area contributed by atoms with Crippen LogP contribution in [0.2, 0.25) is 0 Å². The van der Waals surface area contributed by atoms with Gasteiger partial charge in [-0.2, -0.15) is 0 Å². The second-order valence-corrected chi connectivity index (χ2v) is 6.17. The third-order valence-electron chi connectivity index (χ3n) is 3.58.